The van der Waals surface area contributed by atoms with Gasteiger partial charge < -0.3 is 19.1 Å². The van der Waals surface area contributed by atoms with Crippen LogP contribution in [-0.4, -0.2) is 47.8 Å². The van der Waals surface area contributed by atoms with Gasteiger partial charge in [-0.05, 0) is 12.0 Å². The minimum atomic E-state index is -1.20. The summed E-state index contributed by atoms with van der Waals surface area (Å²) in [5, 5.41) is 0. The molecule has 1 aromatic carbocycles. The van der Waals surface area contributed by atoms with E-state index in [9.17, 15) is 14.4 Å². The Labute approximate surface area is 159 Å². The summed E-state index contributed by atoms with van der Waals surface area (Å²) in [5.74, 6) is -1.61. The first kappa shape index (κ1) is 20.9. The zero-order valence-corrected chi connectivity index (χ0v) is 16.1. The summed E-state index contributed by atoms with van der Waals surface area (Å²) in [7, 11) is 0. The van der Waals surface area contributed by atoms with Gasteiger partial charge in [-0.15, -0.1) is 0 Å². The van der Waals surface area contributed by atoms with Crippen LogP contribution in [0.1, 0.15) is 45.6 Å². The average molecular weight is 377 g/mol. The summed E-state index contributed by atoms with van der Waals surface area (Å²) in [4.78, 5) is 37.4. The van der Waals surface area contributed by atoms with Crippen LogP contribution in [0.2, 0.25) is 0 Å². The smallest absolute Gasteiger partial charge is 0.303 e. The van der Waals surface area contributed by atoms with Gasteiger partial charge in [0.2, 0.25) is 6.10 Å². The van der Waals surface area contributed by atoms with Crippen LogP contribution < -0.4 is 0 Å². The molecule has 0 saturated carbocycles. The molecule has 1 heterocycles. The second-order valence-corrected chi connectivity index (χ2v) is 6.52. The molecule has 1 aromatic rings. The molecule has 1 saturated heterocycles. The largest absolute Gasteiger partial charge is 0.453 e. The highest BCUT2D eigenvalue weighted by Crippen LogP contribution is 2.29. The Bertz CT molecular complexity index is 647. The predicted octanol–water partition coefficient (Wildman–Crippen LogP) is 2.43. The summed E-state index contributed by atoms with van der Waals surface area (Å²) >= 11 is 0. The molecule has 0 radical (unpaired) electrons. The lowest BCUT2D eigenvalue weighted by Crippen LogP contribution is -2.41. The molecule has 0 N–H and O–H groups in total. The normalized spacial score (nSPS) is 22.0. The van der Waals surface area contributed by atoms with Crippen LogP contribution in [0.25, 0.3) is 0 Å². The van der Waals surface area contributed by atoms with Gasteiger partial charge in [0, 0.05) is 27.0 Å². The Kier molecular flexibility index (Phi) is 7.79. The van der Waals surface area contributed by atoms with E-state index in [0.29, 0.717) is 6.61 Å². The van der Waals surface area contributed by atoms with Crippen molar-refractivity contribution in [2.45, 2.75) is 65.0 Å². The molecular formula is C20H27NO6. The number of benzene rings is 1. The van der Waals surface area contributed by atoms with E-state index in [1.165, 1.54) is 18.7 Å². The summed E-state index contributed by atoms with van der Waals surface area (Å²) in [6, 6.07) is 9.42. The fraction of sp³-hybridized carbons (Fsp3) is 0.550. The van der Waals surface area contributed by atoms with Crippen LogP contribution in [0.3, 0.4) is 0 Å². The van der Waals surface area contributed by atoms with Crippen LogP contribution in [0.15, 0.2) is 30.3 Å². The summed E-state index contributed by atoms with van der Waals surface area (Å²) in [5.41, 5.74) is 0.901. The highest BCUT2D eigenvalue weighted by molar-refractivity contribution is 5.87. The van der Waals surface area contributed by atoms with Gasteiger partial charge in [0.15, 0.2) is 12.3 Å². The maximum atomic E-state index is 12.9. The number of carbonyl (C=O) groups excluding carboxylic acids is 3. The van der Waals surface area contributed by atoms with Crippen LogP contribution in [0, 0.1) is 0 Å². The molecule has 0 bridgehead atoms. The lowest BCUT2D eigenvalue weighted by Gasteiger charge is -2.27. The molecule has 3 atom stereocenters. The summed E-state index contributed by atoms with van der Waals surface area (Å²) < 4.78 is 16.4. The lowest BCUT2D eigenvalue weighted by molar-refractivity contribution is -0.174. The third kappa shape index (κ3) is 5.79. The number of ether oxygens (including phenoxy) is 3. The van der Waals surface area contributed by atoms with Crippen LogP contribution in [0.5, 0.6) is 0 Å². The zero-order valence-electron chi connectivity index (χ0n) is 16.1. The molecular weight excluding hydrogens is 350 g/mol. The quantitative estimate of drug-likeness (QED) is 0.486. The Balaban J connectivity index is 2.25. The van der Waals surface area contributed by atoms with E-state index in [1.54, 1.807) is 0 Å². The standard InChI is InChI=1S/C20H27NO6/c1-4-5-9-12-25-20-18(27-15(3)23)17(26-14(2)22)19(24)21(20)13-16-10-7-6-8-11-16/h6-8,10-11,17-18,20H,4-5,9,12-13H2,1-3H3/t17-,18+,20?/m0/s1. The number of rotatable bonds is 9. The molecule has 1 fully saturated rings. The second kappa shape index (κ2) is 10.1. The van der Waals surface area contributed by atoms with Crippen molar-refractivity contribution in [1.82, 2.24) is 4.90 Å². The number of amides is 1. The Morgan fingerprint density at radius 1 is 1.04 bits per heavy atom. The monoisotopic (exact) mass is 377 g/mol. The van der Waals surface area contributed by atoms with E-state index in [1.807, 2.05) is 30.3 Å². The van der Waals surface area contributed by atoms with E-state index in [-0.39, 0.29) is 6.54 Å². The van der Waals surface area contributed by atoms with Crippen molar-refractivity contribution >= 4 is 17.8 Å². The average Bonchev–Trinajstić information content (AvgIpc) is 2.84. The summed E-state index contributed by atoms with van der Waals surface area (Å²) in [6.07, 6.45) is -0.154. The fourth-order valence-corrected chi connectivity index (χ4v) is 3.05. The number of hydrogen-bond acceptors (Lipinski definition) is 6. The molecule has 0 spiro atoms. The first-order valence-corrected chi connectivity index (χ1v) is 9.24. The van der Waals surface area contributed by atoms with Gasteiger partial charge >= 0.3 is 11.9 Å². The Hall–Kier alpha value is -2.41. The Morgan fingerprint density at radius 3 is 2.30 bits per heavy atom. The molecule has 7 nitrogen and oxygen atoms in total. The zero-order chi connectivity index (χ0) is 19.8. The number of unbranched alkanes of at least 4 members (excludes halogenated alkanes) is 2. The van der Waals surface area contributed by atoms with Gasteiger partial charge in [0.05, 0.1) is 0 Å². The molecule has 27 heavy (non-hydrogen) atoms. The first-order chi connectivity index (χ1) is 12.9. The molecule has 0 aliphatic carbocycles. The van der Waals surface area contributed by atoms with Crippen LogP contribution >= 0.6 is 0 Å². The highest BCUT2D eigenvalue weighted by atomic mass is 16.6. The van der Waals surface area contributed by atoms with Crippen molar-refractivity contribution in [3.8, 4) is 0 Å². The topological polar surface area (TPSA) is 82.1 Å². The van der Waals surface area contributed by atoms with Gasteiger partial charge in [0.1, 0.15) is 0 Å². The van der Waals surface area contributed by atoms with Crippen LogP contribution in [-0.2, 0) is 35.1 Å². The van der Waals surface area contributed by atoms with Gasteiger partial charge in [-0.3, -0.25) is 14.4 Å². The van der Waals surface area contributed by atoms with Crippen molar-refractivity contribution in [1.29, 1.82) is 0 Å². The van der Waals surface area contributed by atoms with Crippen molar-refractivity contribution in [3.63, 3.8) is 0 Å². The van der Waals surface area contributed by atoms with Gasteiger partial charge in [-0.25, -0.2) is 0 Å². The number of hydrogen-bond donors (Lipinski definition) is 0. The first-order valence-electron chi connectivity index (χ1n) is 9.24. The minimum Gasteiger partial charge on any atom is -0.453 e. The second-order valence-electron chi connectivity index (χ2n) is 6.52. The molecule has 1 aliphatic heterocycles. The molecule has 148 valence electrons. The van der Waals surface area contributed by atoms with E-state index < -0.39 is 36.3 Å². The van der Waals surface area contributed by atoms with Gasteiger partial charge in [0.25, 0.3) is 5.91 Å². The maximum Gasteiger partial charge on any atom is 0.303 e. The van der Waals surface area contributed by atoms with Crippen molar-refractivity contribution in [2.24, 2.45) is 0 Å². The van der Waals surface area contributed by atoms with Crippen molar-refractivity contribution < 1.29 is 28.6 Å². The molecule has 1 unspecified atom stereocenters. The maximum absolute atomic E-state index is 12.9. The lowest BCUT2D eigenvalue weighted by atomic mass is 10.2. The Morgan fingerprint density at radius 2 is 1.70 bits per heavy atom. The molecule has 2 rings (SSSR count). The number of carbonyl (C=O) groups is 3. The van der Waals surface area contributed by atoms with Crippen LogP contribution in [0.4, 0.5) is 0 Å². The van der Waals surface area contributed by atoms with E-state index in [0.717, 1.165) is 24.8 Å². The highest BCUT2D eigenvalue weighted by Gasteiger charge is 2.53. The fourth-order valence-electron chi connectivity index (χ4n) is 3.05. The van der Waals surface area contributed by atoms with Crippen molar-refractivity contribution in [2.75, 3.05) is 6.61 Å². The van der Waals surface area contributed by atoms with E-state index in [2.05, 4.69) is 6.92 Å². The predicted molar refractivity (Wildman–Crippen MR) is 97.4 cm³/mol. The number of likely N-dealkylation sites (tertiary alicyclic amines) is 1. The molecule has 7 heteroatoms. The minimum absolute atomic E-state index is 0.271. The van der Waals surface area contributed by atoms with E-state index in [4.69, 9.17) is 14.2 Å². The number of esters is 2. The SMILES string of the molecule is CCCCCOC1[C@H](OC(C)=O)[C@H](OC(C)=O)C(=O)N1Cc1ccccc1. The van der Waals surface area contributed by atoms with E-state index >= 15 is 0 Å². The van der Waals surface area contributed by atoms with Gasteiger partial charge in [-0.1, -0.05) is 50.1 Å². The number of nitrogens with zero attached hydrogens (tertiary/aromatic N) is 1. The van der Waals surface area contributed by atoms with Gasteiger partial charge in [-0.2, -0.15) is 0 Å². The van der Waals surface area contributed by atoms with Crippen molar-refractivity contribution in [3.05, 3.63) is 35.9 Å². The molecule has 1 amide bonds. The third-order valence-electron chi connectivity index (χ3n) is 4.24. The summed E-state index contributed by atoms with van der Waals surface area (Å²) in [6.45, 7) is 5.24. The molecule has 1 aliphatic rings. The third-order valence-corrected chi connectivity index (χ3v) is 4.24. The molecule has 0 aromatic heterocycles.